The number of nitrogens with two attached hydrogens (primary N) is 1. The number of piperazine rings is 1. The molecule has 2 heterocycles. The third-order valence-electron chi connectivity index (χ3n) is 3.60. The van der Waals surface area contributed by atoms with Crippen LogP contribution >= 0.6 is 0 Å². The van der Waals surface area contributed by atoms with Crippen molar-refractivity contribution in [2.24, 2.45) is 0 Å². The fourth-order valence-corrected chi connectivity index (χ4v) is 2.54. The fourth-order valence-electron chi connectivity index (χ4n) is 2.54. The van der Waals surface area contributed by atoms with Crippen molar-refractivity contribution < 1.29 is 0 Å². The average molecular weight is 269 g/mol. The number of anilines is 2. The van der Waals surface area contributed by atoms with Gasteiger partial charge in [-0.2, -0.15) is 0 Å². The van der Waals surface area contributed by atoms with Crippen LogP contribution in [0.2, 0.25) is 0 Å². The zero-order valence-electron chi connectivity index (χ0n) is 11.4. The molecule has 1 aromatic heterocycles. The molecule has 2 aromatic rings. The molecule has 104 valence electrons. The van der Waals surface area contributed by atoms with E-state index in [-0.39, 0.29) is 0 Å². The predicted molar refractivity (Wildman–Crippen MR) is 80.4 cm³/mol. The molecule has 5 heteroatoms. The van der Waals surface area contributed by atoms with Gasteiger partial charge in [0.05, 0.1) is 6.20 Å². The number of hydrogen-bond acceptors (Lipinski definition) is 5. The normalized spacial score (nSPS) is 16.3. The van der Waals surface area contributed by atoms with E-state index in [2.05, 4.69) is 31.9 Å². The topological polar surface area (TPSA) is 58.3 Å². The maximum Gasteiger partial charge on any atom is 0.147 e. The van der Waals surface area contributed by atoms with E-state index in [9.17, 15) is 0 Å². The molecule has 1 aliphatic rings. The first-order chi connectivity index (χ1) is 9.81. The van der Waals surface area contributed by atoms with Crippen molar-refractivity contribution >= 4 is 11.5 Å². The van der Waals surface area contributed by atoms with E-state index in [1.54, 1.807) is 12.4 Å². The van der Waals surface area contributed by atoms with Gasteiger partial charge in [0.15, 0.2) is 0 Å². The van der Waals surface area contributed by atoms with Gasteiger partial charge < -0.3 is 10.6 Å². The lowest BCUT2D eigenvalue weighted by Gasteiger charge is -2.35. The van der Waals surface area contributed by atoms with Crippen LogP contribution in [0.5, 0.6) is 0 Å². The average Bonchev–Trinajstić information content (AvgIpc) is 2.49. The minimum atomic E-state index is 0.834. The number of rotatable bonds is 3. The molecular weight excluding hydrogens is 250 g/mol. The highest BCUT2D eigenvalue weighted by Gasteiger charge is 2.18. The Morgan fingerprint density at radius 1 is 1.10 bits per heavy atom. The second kappa shape index (κ2) is 5.88. The van der Waals surface area contributed by atoms with Crippen molar-refractivity contribution in [1.82, 2.24) is 14.9 Å². The van der Waals surface area contributed by atoms with Gasteiger partial charge >= 0.3 is 0 Å². The van der Waals surface area contributed by atoms with E-state index < -0.39 is 0 Å². The number of nitrogen functional groups attached to an aromatic ring is 1. The molecule has 0 atom stereocenters. The van der Waals surface area contributed by atoms with Crippen LogP contribution < -0.4 is 10.6 Å². The number of aromatic nitrogens is 2. The number of benzene rings is 1. The van der Waals surface area contributed by atoms with E-state index in [4.69, 9.17) is 5.73 Å². The summed E-state index contributed by atoms with van der Waals surface area (Å²) in [4.78, 5) is 13.2. The predicted octanol–water partition coefficient (Wildman–Crippen LogP) is 1.38. The molecule has 1 aliphatic heterocycles. The van der Waals surface area contributed by atoms with Gasteiger partial charge in [0.1, 0.15) is 5.82 Å². The summed E-state index contributed by atoms with van der Waals surface area (Å²) in [5.74, 6) is 0.969. The lowest BCUT2D eigenvalue weighted by Crippen LogP contribution is -2.46. The smallest absolute Gasteiger partial charge is 0.147 e. The Hall–Kier alpha value is -2.14. The Labute approximate surface area is 119 Å². The monoisotopic (exact) mass is 269 g/mol. The van der Waals surface area contributed by atoms with Crippen LogP contribution in [0, 0.1) is 0 Å². The van der Waals surface area contributed by atoms with Crippen molar-refractivity contribution in [3.63, 3.8) is 0 Å². The van der Waals surface area contributed by atoms with Gasteiger partial charge in [-0.15, -0.1) is 0 Å². The highest BCUT2D eigenvalue weighted by Crippen LogP contribution is 2.14. The molecule has 5 nitrogen and oxygen atoms in total. The quantitative estimate of drug-likeness (QED) is 0.853. The molecule has 1 saturated heterocycles. The second-order valence-corrected chi connectivity index (χ2v) is 5.07. The Kier molecular flexibility index (Phi) is 3.78. The Morgan fingerprint density at radius 2 is 1.95 bits per heavy atom. The van der Waals surface area contributed by atoms with Crippen LogP contribution in [0.3, 0.4) is 0 Å². The highest BCUT2D eigenvalue weighted by atomic mass is 15.3. The maximum absolute atomic E-state index is 5.82. The van der Waals surface area contributed by atoms with Gasteiger partial charge in [0.25, 0.3) is 0 Å². The molecule has 0 saturated carbocycles. The van der Waals surface area contributed by atoms with Crippen LogP contribution in [-0.2, 0) is 6.54 Å². The van der Waals surface area contributed by atoms with E-state index in [0.29, 0.717) is 0 Å². The molecule has 0 bridgehead atoms. The first-order valence-corrected chi connectivity index (χ1v) is 6.89. The van der Waals surface area contributed by atoms with E-state index in [1.807, 2.05) is 18.3 Å². The molecular formula is C15H19N5. The molecule has 2 N–H and O–H groups in total. The van der Waals surface area contributed by atoms with Crippen molar-refractivity contribution in [3.05, 3.63) is 48.4 Å². The summed E-state index contributed by atoms with van der Waals surface area (Å²) in [6, 6.07) is 8.12. The lowest BCUT2D eigenvalue weighted by molar-refractivity contribution is 0.249. The molecule has 0 radical (unpaired) electrons. The Morgan fingerprint density at radius 3 is 2.65 bits per heavy atom. The van der Waals surface area contributed by atoms with E-state index in [1.165, 1.54) is 5.56 Å². The van der Waals surface area contributed by atoms with Crippen LogP contribution in [-0.4, -0.2) is 41.0 Å². The van der Waals surface area contributed by atoms with Crippen molar-refractivity contribution in [1.29, 1.82) is 0 Å². The molecule has 1 fully saturated rings. The fraction of sp³-hybridized carbons (Fsp3) is 0.333. The van der Waals surface area contributed by atoms with Gasteiger partial charge in [0.2, 0.25) is 0 Å². The third kappa shape index (κ3) is 3.05. The van der Waals surface area contributed by atoms with E-state index in [0.717, 1.165) is 44.2 Å². The van der Waals surface area contributed by atoms with Crippen molar-refractivity contribution in [2.45, 2.75) is 6.54 Å². The van der Waals surface area contributed by atoms with Gasteiger partial charge in [-0.1, -0.05) is 12.1 Å². The van der Waals surface area contributed by atoms with Crippen molar-refractivity contribution in [3.8, 4) is 0 Å². The SMILES string of the molecule is Nc1cccc(CN2CCN(c3cnccn3)CC2)c1. The lowest BCUT2D eigenvalue weighted by atomic mass is 10.2. The summed E-state index contributed by atoms with van der Waals surface area (Å²) in [5, 5.41) is 0. The summed E-state index contributed by atoms with van der Waals surface area (Å²) >= 11 is 0. The zero-order valence-corrected chi connectivity index (χ0v) is 11.4. The molecule has 3 rings (SSSR count). The van der Waals surface area contributed by atoms with Crippen LogP contribution in [0.25, 0.3) is 0 Å². The summed E-state index contributed by atoms with van der Waals surface area (Å²) in [7, 11) is 0. The molecule has 0 amide bonds. The molecule has 0 spiro atoms. The number of hydrogen-bond donors (Lipinski definition) is 1. The number of nitrogens with zero attached hydrogens (tertiary/aromatic N) is 4. The minimum absolute atomic E-state index is 0.834. The zero-order chi connectivity index (χ0) is 13.8. The van der Waals surface area contributed by atoms with Gasteiger partial charge in [-0.25, -0.2) is 4.98 Å². The highest BCUT2D eigenvalue weighted by molar-refractivity contribution is 5.40. The molecule has 0 unspecified atom stereocenters. The molecule has 0 aliphatic carbocycles. The first kappa shape index (κ1) is 12.9. The van der Waals surface area contributed by atoms with Crippen molar-refractivity contribution in [2.75, 3.05) is 36.8 Å². The summed E-state index contributed by atoms with van der Waals surface area (Å²) in [6.07, 6.45) is 5.28. The third-order valence-corrected chi connectivity index (χ3v) is 3.60. The maximum atomic E-state index is 5.82. The summed E-state index contributed by atoms with van der Waals surface area (Å²) < 4.78 is 0. The largest absolute Gasteiger partial charge is 0.399 e. The van der Waals surface area contributed by atoms with Crippen LogP contribution in [0.15, 0.2) is 42.9 Å². The van der Waals surface area contributed by atoms with Crippen LogP contribution in [0.1, 0.15) is 5.56 Å². The Balaban J connectivity index is 1.56. The summed E-state index contributed by atoms with van der Waals surface area (Å²) in [5.41, 5.74) is 7.93. The van der Waals surface area contributed by atoms with Gasteiger partial charge in [-0.05, 0) is 17.7 Å². The van der Waals surface area contributed by atoms with Crippen LogP contribution in [0.4, 0.5) is 11.5 Å². The standard InChI is InChI=1S/C15H19N5/c16-14-3-1-2-13(10-14)12-19-6-8-20(9-7-19)15-11-17-4-5-18-15/h1-5,10-11H,6-9,12,16H2. The van der Waals surface area contributed by atoms with Gasteiger partial charge in [-0.3, -0.25) is 9.88 Å². The van der Waals surface area contributed by atoms with E-state index >= 15 is 0 Å². The first-order valence-electron chi connectivity index (χ1n) is 6.89. The minimum Gasteiger partial charge on any atom is -0.399 e. The van der Waals surface area contributed by atoms with Gasteiger partial charge in [0, 0.05) is 50.8 Å². The molecule has 1 aromatic carbocycles. The Bertz CT molecular complexity index is 549. The second-order valence-electron chi connectivity index (χ2n) is 5.07. The summed E-state index contributed by atoms with van der Waals surface area (Å²) in [6.45, 7) is 5.00. The molecule has 20 heavy (non-hydrogen) atoms.